The molecule has 0 N–H and O–H groups in total. The van der Waals surface area contributed by atoms with E-state index in [1.807, 2.05) is 6.07 Å². The summed E-state index contributed by atoms with van der Waals surface area (Å²) in [5.41, 5.74) is 1.34. The monoisotopic (exact) mass is 346 g/mol. The molecule has 1 aliphatic heterocycles. The summed E-state index contributed by atoms with van der Waals surface area (Å²) in [6, 6.07) is 2.05. The van der Waals surface area contributed by atoms with Gasteiger partial charge in [0.2, 0.25) is 0 Å². The van der Waals surface area contributed by atoms with Gasteiger partial charge in [0.15, 0.2) is 0 Å². The normalized spacial score (nSPS) is 36.8. The van der Waals surface area contributed by atoms with E-state index in [1.54, 1.807) is 11.3 Å². The third-order valence-electron chi connectivity index (χ3n) is 6.35. The first kappa shape index (κ1) is 14.9. The lowest BCUT2D eigenvalue weighted by Crippen LogP contribution is -2.35. The van der Waals surface area contributed by atoms with Crippen LogP contribution < -0.4 is 0 Å². The predicted molar refractivity (Wildman–Crippen MR) is 89.0 cm³/mol. The number of aryl methyl sites for hydroxylation is 2. The van der Waals surface area contributed by atoms with Crippen LogP contribution in [-0.4, -0.2) is 24.1 Å². The standard InChI is InChI=1S/C19H22O4S/c20-18-13-8-11-7-12(13)17(23-18)16(11)22-19(21)15-9-10-5-3-1-2-4-6-14(10)24-15/h9,11-13,16-17H,1-8H2/t11-,12+,13+,16-,17+/m1/s1. The van der Waals surface area contributed by atoms with Crippen LogP contribution in [0.3, 0.4) is 0 Å². The molecule has 0 aromatic carbocycles. The Bertz CT molecular complexity index is 668. The first-order chi connectivity index (χ1) is 11.7. The molecule has 3 aliphatic carbocycles. The topological polar surface area (TPSA) is 52.6 Å². The molecule has 4 aliphatic rings. The molecule has 0 spiro atoms. The fourth-order valence-corrected chi connectivity index (χ4v) is 6.33. The average Bonchev–Trinajstić information content (AvgIpc) is 3.24. The molecule has 2 heterocycles. The summed E-state index contributed by atoms with van der Waals surface area (Å²) in [5, 5.41) is 0. The third kappa shape index (κ3) is 2.24. The van der Waals surface area contributed by atoms with E-state index < -0.39 is 0 Å². The SMILES string of the molecule is O=C(O[C@@H]1[C@@H]2C[C@@H]3[C@@H]1OC(=O)[C@H]3C2)c1cc2c(s1)CCCCCC2. The van der Waals surface area contributed by atoms with Crippen LogP contribution in [0.5, 0.6) is 0 Å². The molecule has 128 valence electrons. The number of ether oxygens (including phenoxy) is 2. The number of hydrogen-bond acceptors (Lipinski definition) is 5. The minimum absolute atomic E-state index is 0.0662. The van der Waals surface area contributed by atoms with E-state index >= 15 is 0 Å². The van der Waals surface area contributed by atoms with Crippen LogP contribution in [0.2, 0.25) is 0 Å². The highest BCUT2D eigenvalue weighted by Gasteiger charge is 2.63. The van der Waals surface area contributed by atoms with Crippen LogP contribution in [-0.2, 0) is 27.1 Å². The minimum atomic E-state index is -0.227. The zero-order chi connectivity index (χ0) is 16.3. The second kappa shape index (κ2) is 5.58. The summed E-state index contributed by atoms with van der Waals surface area (Å²) in [4.78, 5) is 26.6. The van der Waals surface area contributed by atoms with E-state index in [9.17, 15) is 9.59 Å². The Morgan fingerprint density at radius 1 is 1.17 bits per heavy atom. The van der Waals surface area contributed by atoms with Gasteiger partial charge in [-0.2, -0.15) is 0 Å². The van der Waals surface area contributed by atoms with Crippen molar-refractivity contribution in [1.82, 2.24) is 0 Å². The van der Waals surface area contributed by atoms with Crippen molar-refractivity contribution in [2.45, 2.75) is 63.6 Å². The highest BCUT2D eigenvalue weighted by Crippen LogP contribution is 2.55. The molecule has 1 aromatic rings. The number of esters is 2. The summed E-state index contributed by atoms with van der Waals surface area (Å²) < 4.78 is 11.3. The molecule has 5 atom stereocenters. The molecule has 4 nitrogen and oxygen atoms in total. The summed E-state index contributed by atoms with van der Waals surface area (Å²) in [6.07, 6.45) is 8.56. The molecule has 1 aromatic heterocycles. The quantitative estimate of drug-likeness (QED) is 0.769. The number of hydrogen-bond donors (Lipinski definition) is 0. The molecule has 0 amide bonds. The van der Waals surface area contributed by atoms with E-state index in [0.29, 0.717) is 5.92 Å². The molecule has 1 saturated heterocycles. The fourth-order valence-electron chi connectivity index (χ4n) is 5.19. The van der Waals surface area contributed by atoms with Gasteiger partial charge in [0.05, 0.1) is 5.92 Å². The van der Waals surface area contributed by atoms with Crippen LogP contribution >= 0.6 is 11.3 Å². The van der Waals surface area contributed by atoms with Crippen LogP contribution in [0.15, 0.2) is 6.07 Å². The van der Waals surface area contributed by atoms with Crippen molar-refractivity contribution in [2.24, 2.45) is 17.8 Å². The van der Waals surface area contributed by atoms with Crippen molar-refractivity contribution in [1.29, 1.82) is 0 Å². The van der Waals surface area contributed by atoms with Gasteiger partial charge in [0, 0.05) is 16.7 Å². The van der Waals surface area contributed by atoms with Crippen molar-refractivity contribution in [3.05, 3.63) is 21.4 Å². The van der Waals surface area contributed by atoms with Crippen LogP contribution in [0.25, 0.3) is 0 Å². The molecule has 24 heavy (non-hydrogen) atoms. The lowest BCUT2D eigenvalue weighted by atomic mass is 9.88. The molecule has 3 fully saturated rings. The number of fused-ring (bicyclic) bond motifs is 2. The van der Waals surface area contributed by atoms with Gasteiger partial charge in [-0.25, -0.2) is 4.79 Å². The van der Waals surface area contributed by atoms with E-state index in [-0.39, 0.29) is 36.0 Å². The predicted octanol–water partition coefficient (Wildman–Crippen LogP) is 3.51. The second-order valence-electron chi connectivity index (χ2n) is 7.75. The average molecular weight is 346 g/mol. The lowest BCUT2D eigenvalue weighted by Gasteiger charge is -2.24. The van der Waals surface area contributed by atoms with Crippen LogP contribution in [0.1, 0.15) is 58.6 Å². The van der Waals surface area contributed by atoms with Gasteiger partial charge in [0.25, 0.3) is 0 Å². The maximum atomic E-state index is 12.7. The molecule has 5 heteroatoms. The summed E-state index contributed by atoms with van der Waals surface area (Å²) in [6.45, 7) is 0. The molecule has 2 saturated carbocycles. The Morgan fingerprint density at radius 3 is 2.88 bits per heavy atom. The summed E-state index contributed by atoms with van der Waals surface area (Å²) in [5.74, 6) is 0.357. The zero-order valence-electron chi connectivity index (χ0n) is 13.7. The molecule has 0 radical (unpaired) electrons. The maximum Gasteiger partial charge on any atom is 0.348 e. The Labute approximate surface area is 145 Å². The molecule has 2 bridgehead atoms. The van der Waals surface area contributed by atoms with Gasteiger partial charge >= 0.3 is 11.9 Å². The highest BCUT2D eigenvalue weighted by atomic mass is 32.1. The van der Waals surface area contributed by atoms with E-state index in [2.05, 4.69) is 0 Å². The van der Waals surface area contributed by atoms with E-state index in [0.717, 1.165) is 30.6 Å². The molecular formula is C19H22O4S. The highest BCUT2D eigenvalue weighted by molar-refractivity contribution is 7.14. The number of thiophene rings is 1. The number of carbonyl (C=O) groups excluding carboxylic acids is 2. The van der Waals surface area contributed by atoms with Gasteiger partial charge in [-0.05, 0) is 50.2 Å². The summed E-state index contributed by atoms with van der Waals surface area (Å²) in [7, 11) is 0. The molecule has 5 rings (SSSR count). The van der Waals surface area contributed by atoms with Gasteiger partial charge in [-0.1, -0.05) is 12.8 Å². The van der Waals surface area contributed by atoms with Crippen molar-refractivity contribution in [3.8, 4) is 0 Å². The van der Waals surface area contributed by atoms with E-state index in [1.165, 1.54) is 36.1 Å². The fraction of sp³-hybridized carbons (Fsp3) is 0.684. The first-order valence-electron chi connectivity index (χ1n) is 9.24. The maximum absolute atomic E-state index is 12.7. The van der Waals surface area contributed by atoms with Crippen molar-refractivity contribution >= 4 is 23.3 Å². The smallest absolute Gasteiger partial charge is 0.348 e. The molecular weight excluding hydrogens is 324 g/mol. The largest absolute Gasteiger partial charge is 0.458 e. The third-order valence-corrected chi connectivity index (χ3v) is 7.57. The van der Waals surface area contributed by atoms with Crippen LogP contribution in [0, 0.1) is 17.8 Å². The number of carbonyl (C=O) groups is 2. The Morgan fingerprint density at radius 2 is 2.00 bits per heavy atom. The Hall–Kier alpha value is -1.36. The van der Waals surface area contributed by atoms with Gasteiger partial charge in [0.1, 0.15) is 17.1 Å². The lowest BCUT2D eigenvalue weighted by molar-refractivity contribution is -0.146. The molecule has 0 unspecified atom stereocenters. The summed E-state index contributed by atoms with van der Waals surface area (Å²) >= 11 is 1.61. The number of rotatable bonds is 2. The zero-order valence-corrected chi connectivity index (χ0v) is 14.5. The van der Waals surface area contributed by atoms with Crippen LogP contribution in [0.4, 0.5) is 0 Å². The van der Waals surface area contributed by atoms with Crippen molar-refractivity contribution in [2.75, 3.05) is 0 Å². The van der Waals surface area contributed by atoms with Gasteiger partial charge in [-0.15, -0.1) is 11.3 Å². The Balaban J connectivity index is 1.33. The first-order valence-corrected chi connectivity index (χ1v) is 10.1. The van der Waals surface area contributed by atoms with Crippen molar-refractivity contribution < 1.29 is 19.1 Å². The van der Waals surface area contributed by atoms with Gasteiger partial charge < -0.3 is 9.47 Å². The Kier molecular flexibility index (Phi) is 3.47. The van der Waals surface area contributed by atoms with Crippen molar-refractivity contribution in [3.63, 3.8) is 0 Å². The van der Waals surface area contributed by atoms with Gasteiger partial charge in [-0.3, -0.25) is 4.79 Å². The van der Waals surface area contributed by atoms with E-state index in [4.69, 9.17) is 9.47 Å². The minimum Gasteiger partial charge on any atom is -0.458 e. The second-order valence-corrected chi connectivity index (χ2v) is 8.88.